The minimum absolute atomic E-state index is 0.265. The Morgan fingerprint density at radius 1 is 1.53 bits per heavy atom. The topological polar surface area (TPSA) is 85.1 Å². The van der Waals surface area contributed by atoms with Crippen molar-refractivity contribution in [2.75, 3.05) is 5.32 Å². The number of carbonyl (C=O) groups is 1. The van der Waals surface area contributed by atoms with E-state index in [4.69, 9.17) is 0 Å². The lowest BCUT2D eigenvalue weighted by atomic mass is 10.4. The Morgan fingerprint density at radius 3 is 3.00 bits per heavy atom. The van der Waals surface area contributed by atoms with E-state index in [1.165, 1.54) is 16.2 Å². The van der Waals surface area contributed by atoms with Gasteiger partial charge in [-0.2, -0.15) is 0 Å². The molecular weight excluding hydrogens is 242 g/mol. The highest BCUT2D eigenvalue weighted by atomic mass is 32.1. The summed E-state index contributed by atoms with van der Waals surface area (Å²) in [5.41, 5.74) is 1.08. The second kappa shape index (κ2) is 3.76. The molecule has 2 aliphatic carbocycles. The van der Waals surface area contributed by atoms with E-state index in [1.807, 2.05) is 0 Å². The summed E-state index contributed by atoms with van der Waals surface area (Å²) in [7, 11) is 0. The first kappa shape index (κ1) is 10.6. The quantitative estimate of drug-likeness (QED) is 0.648. The third kappa shape index (κ3) is 1.90. The van der Waals surface area contributed by atoms with E-state index in [-0.39, 0.29) is 10.8 Å². The number of nitrogens with zero attached hydrogens (tertiary/aromatic N) is 2. The maximum Gasteiger partial charge on any atom is 0.236 e. The van der Waals surface area contributed by atoms with Crippen molar-refractivity contribution in [3.8, 4) is 0 Å². The highest BCUT2D eigenvalue weighted by Gasteiger charge is 2.53. The molecule has 3 rings (SSSR count). The minimum atomic E-state index is -0.693. The van der Waals surface area contributed by atoms with E-state index in [2.05, 4.69) is 10.3 Å². The molecule has 90 valence electrons. The van der Waals surface area contributed by atoms with Gasteiger partial charge < -0.3 is 5.32 Å². The second-order valence-electron chi connectivity index (χ2n) is 4.43. The number of nitro groups is 1. The Balaban J connectivity index is 1.63. The van der Waals surface area contributed by atoms with Crippen molar-refractivity contribution in [2.24, 2.45) is 5.92 Å². The van der Waals surface area contributed by atoms with Crippen LogP contribution in [0.3, 0.4) is 0 Å². The van der Waals surface area contributed by atoms with Crippen LogP contribution in [-0.2, 0) is 17.6 Å². The van der Waals surface area contributed by atoms with Crippen LogP contribution in [0.15, 0.2) is 0 Å². The number of nitrogens with one attached hydrogen (secondary N) is 1. The summed E-state index contributed by atoms with van der Waals surface area (Å²) < 4.78 is 0. The Morgan fingerprint density at radius 2 is 2.35 bits per heavy atom. The van der Waals surface area contributed by atoms with Gasteiger partial charge in [-0.05, 0) is 19.3 Å². The molecule has 2 atom stereocenters. The SMILES string of the molecule is O=C(Nc1nc2c(s1)CCC2)[C@H]1C[C@H]1[N+](=O)[O-]. The maximum absolute atomic E-state index is 11.7. The van der Waals surface area contributed by atoms with Crippen LogP contribution in [-0.4, -0.2) is 21.9 Å². The molecule has 1 heterocycles. The molecule has 0 radical (unpaired) electrons. The van der Waals surface area contributed by atoms with E-state index in [0.717, 1.165) is 25.0 Å². The van der Waals surface area contributed by atoms with E-state index in [9.17, 15) is 14.9 Å². The van der Waals surface area contributed by atoms with Crippen molar-refractivity contribution in [1.29, 1.82) is 0 Å². The van der Waals surface area contributed by atoms with Gasteiger partial charge in [0, 0.05) is 16.2 Å². The second-order valence-corrected chi connectivity index (χ2v) is 5.51. The van der Waals surface area contributed by atoms with Crippen molar-refractivity contribution in [2.45, 2.75) is 31.7 Å². The van der Waals surface area contributed by atoms with Crippen molar-refractivity contribution >= 4 is 22.4 Å². The molecule has 0 unspecified atom stereocenters. The van der Waals surface area contributed by atoms with Gasteiger partial charge in [-0.1, -0.05) is 0 Å². The van der Waals surface area contributed by atoms with Crippen LogP contribution in [0.1, 0.15) is 23.4 Å². The van der Waals surface area contributed by atoms with E-state index >= 15 is 0 Å². The number of fused-ring (bicyclic) bond motifs is 1. The molecule has 0 aromatic carbocycles. The van der Waals surface area contributed by atoms with Gasteiger partial charge in [0.1, 0.15) is 5.92 Å². The van der Waals surface area contributed by atoms with Gasteiger partial charge in [0.05, 0.1) is 5.69 Å². The van der Waals surface area contributed by atoms with E-state index in [0.29, 0.717) is 11.6 Å². The zero-order valence-electron chi connectivity index (χ0n) is 9.01. The number of thiazole rings is 1. The average Bonchev–Trinajstić information content (AvgIpc) is 2.83. The lowest BCUT2D eigenvalue weighted by Gasteiger charge is -1.98. The fraction of sp³-hybridized carbons (Fsp3) is 0.600. The Bertz CT molecular complexity index is 477. The molecule has 1 saturated carbocycles. The fourth-order valence-electron chi connectivity index (χ4n) is 2.14. The molecule has 1 fully saturated rings. The molecule has 1 aromatic rings. The summed E-state index contributed by atoms with van der Waals surface area (Å²) in [6, 6.07) is -0.693. The summed E-state index contributed by atoms with van der Waals surface area (Å²) in [6.07, 6.45) is 3.49. The fourth-order valence-corrected chi connectivity index (χ4v) is 3.19. The highest BCUT2D eigenvalue weighted by molar-refractivity contribution is 7.15. The van der Waals surface area contributed by atoms with Gasteiger partial charge >= 0.3 is 0 Å². The number of hydrogen-bond donors (Lipinski definition) is 1. The molecule has 1 aromatic heterocycles. The van der Waals surface area contributed by atoms with Gasteiger partial charge in [-0.3, -0.25) is 14.9 Å². The van der Waals surface area contributed by atoms with Crippen LogP contribution < -0.4 is 5.32 Å². The molecular formula is C10H11N3O3S. The smallest absolute Gasteiger partial charge is 0.236 e. The Kier molecular flexibility index (Phi) is 2.36. The lowest BCUT2D eigenvalue weighted by Crippen LogP contribution is -2.18. The normalized spacial score (nSPS) is 25.4. The van der Waals surface area contributed by atoms with Crippen LogP contribution in [0.2, 0.25) is 0 Å². The molecule has 0 aliphatic heterocycles. The maximum atomic E-state index is 11.7. The molecule has 7 heteroatoms. The van der Waals surface area contributed by atoms with Gasteiger partial charge in [0.2, 0.25) is 11.9 Å². The van der Waals surface area contributed by atoms with Gasteiger partial charge in [0.15, 0.2) is 5.13 Å². The Hall–Kier alpha value is -1.50. The van der Waals surface area contributed by atoms with Crippen molar-refractivity contribution in [3.05, 3.63) is 20.7 Å². The molecule has 1 N–H and O–H groups in total. The zero-order valence-corrected chi connectivity index (χ0v) is 9.83. The predicted octanol–water partition coefficient (Wildman–Crippen LogP) is 1.24. The van der Waals surface area contributed by atoms with Gasteiger partial charge in [0.25, 0.3) is 0 Å². The standard InChI is InChI=1S/C10H11N3O3S/c14-9(5-4-7(5)13(15)16)12-10-11-6-2-1-3-8(6)17-10/h5,7H,1-4H2,(H,11,12,14)/t5-,7+/m0/s1. The first-order valence-corrected chi connectivity index (χ1v) is 6.40. The molecule has 6 nitrogen and oxygen atoms in total. The number of aromatic nitrogens is 1. The van der Waals surface area contributed by atoms with Crippen molar-refractivity contribution < 1.29 is 9.72 Å². The largest absolute Gasteiger partial charge is 0.301 e. The van der Waals surface area contributed by atoms with Crippen molar-refractivity contribution in [3.63, 3.8) is 0 Å². The third-order valence-electron chi connectivity index (χ3n) is 3.19. The summed E-state index contributed by atoms with van der Waals surface area (Å²) in [5, 5.41) is 13.7. The molecule has 0 saturated heterocycles. The molecule has 1 amide bonds. The monoisotopic (exact) mass is 253 g/mol. The van der Waals surface area contributed by atoms with Gasteiger partial charge in [-0.25, -0.2) is 4.98 Å². The van der Waals surface area contributed by atoms with E-state index < -0.39 is 12.0 Å². The molecule has 17 heavy (non-hydrogen) atoms. The van der Waals surface area contributed by atoms with Crippen LogP contribution >= 0.6 is 11.3 Å². The Labute approximate surface area is 101 Å². The third-order valence-corrected chi connectivity index (χ3v) is 4.26. The zero-order chi connectivity index (χ0) is 12.0. The summed E-state index contributed by atoms with van der Waals surface area (Å²) in [5.74, 6) is -0.733. The number of rotatable bonds is 3. The minimum Gasteiger partial charge on any atom is -0.301 e. The van der Waals surface area contributed by atoms with Crippen LogP contribution in [0.4, 0.5) is 5.13 Å². The van der Waals surface area contributed by atoms with Crippen LogP contribution in [0.25, 0.3) is 0 Å². The van der Waals surface area contributed by atoms with Crippen molar-refractivity contribution in [1.82, 2.24) is 4.98 Å². The number of hydrogen-bond acceptors (Lipinski definition) is 5. The number of anilines is 1. The summed E-state index contributed by atoms with van der Waals surface area (Å²) in [4.78, 5) is 27.3. The molecule has 0 bridgehead atoms. The average molecular weight is 253 g/mol. The van der Waals surface area contributed by atoms with Crippen LogP contribution in [0, 0.1) is 16.0 Å². The first-order valence-electron chi connectivity index (χ1n) is 5.58. The van der Waals surface area contributed by atoms with E-state index in [1.54, 1.807) is 0 Å². The number of amides is 1. The number of carbonyl (C=O) groups excluding carboxylic acids is 1. The highest BCUT2D eigenvalue weighted by Crippen LogP contribution is 2.35. The lowest BCUT2D eigenvalue weighted by molar-refractivity contribution is -0.497. The number of aryl methyl sites for hydroxylation is 2. The summed E-state index contributed by atoms with van der Waals surface area (Å²) in [6.45, 7) is 0. The first-order chi connectivity index (χ1) is 8.15. The van der Waals surface area contributed by atoms with Gasteiger partial charge in [-0.15, -0.1) is 11.3 Å². The molecule has 0 spiro atoms. The predicted molar refractivity (Wildman–Crippen MR) is 61.7 cm³/mol. The van der Waals surface area contributed by atoms with Crippen LogP contribution in [0.5, 0.6) is 0 Å². The summed E-state index contributed by atoms with van der Waals surface area (Å²) >= 11 is 1.49. The molecule has 2 aliphatic rings.